The van der Waals surface area contributed by atoms with Crippen LogP contribution in [0, 0.1) is 0 Å². The van der Waals surface area contributed by atoms with E-state index in [1.54, 1.807) is 17.8 Å². The molecule has 2 heterocycles. The van der Waals surface area contributed by atoms with Crippen LogP contribution < -0.4 is 4.18 Å². The van der Waals surface area contributed by atoms with Crippen LogP contribution in [0.1, 0.15) is 23.7 Å². The fraction of sp³-hybridized carbons (Fsp3) is 0.375. The van der Waals surface area contributed by atoms with E-state index in [2.05, 4.69) is 4.18 Å². The molecule has 1 unspecified atom stereocenters. The van der Waals surface area contributed by atoms with Crippen molar-refractivity contribution in [3.63, 3.8) is 0 Å². The molecule has 0 aromatic carbocycles. The number of thioether (sulfide) groups is 1. The van der Waals surface area contributed by atoms with Gasteiger partial charge in [-0.2, -0.15) is 0 Å². The first-order valence-corrected chi connectivity index (χ1v) is 6.33. The third kappa shape index (κ3) is 1.92. The van der Waals surface area contributed by atoms with Crippen molar-refractivity contribution in [3.8, 4) is 5.06 Å². The van der Waals surface area contributed by atoms with Crippen LogP contribution in [0.4, 0.5) is 3.89 Å². The Kier molecular flexibility index (Phi) is 3.04. The van der Waals surface area contributed by atoms with E-state index in [9.17, 15) is 8.68 Å². The SMILES string of the molecule is CC1CC(=O)c2cc(OSF)sc2S1. The average Bonchev–Trinajstić information content (AvgIpc) is 2.48. The quantitative estimate of drug-likeness (QED) is 0.747. The van der Waals surface area contributed by atoms with Gasteiger partial charge in [0.2, 0.25) is 0 Å². The molecule has 0 saturated carbocycles. The molecule has 6 heteroatoms. The van der Waals surface area contributed by atoms with Gasteiger partial charge in [-0.15, -0.1) is 15.6 Å². The van der Waals surface area contributed by atoms with Gasteiger partial charge in [0.25, 0.3) is 12.4 Å². The van der Waals surface area contributed by atoms with E-state index >= 15 is 0 Å². The Morgan fingerprint density at radius 2 is 2.50 bits per heavy atom. The van der Waals surface area contributed by atoms with Crippen LogP contribution in [0.2, 0.25) is 0 Å². The minimum absolute atomic E-state index is 0.126. The standard InChI is InChI=1S/C8H7FO2S3/c1-4-2-6(10)5-3-7(11-14-9)13-8(5)12-4/h3-4H,2H2,1H3. The van der Waals surface area contributed by atoms with Crippen molar-refractivity contribution < 1.29 is 12.9 Å². The predicted octanol–water partition coefficient (Wildman–Crippen LogP) is 3.73. The summed E-state index contributed by atoms with van der Waals surface area (Å²) in [6.45, 7) is 2.01. The molecule has 0 fully saturated rings. The zero-order chi connectivity index (χ0) is 10.1. The summed E-state index contributed by atoms with van der Waals surface area (Å²) in [4.78, 5) is 11.6. The summed E-state index contributed by atoms with van der Waals surface area (Å²) in [6, 6.07) is 1.62. The lowest BCUT2D eigenvalue weighted by molar-refractivity contribution is 0.0979. The summed E-state index contributed by atoms with van der Waals surface area (Å²) in [5.41, 5.74) is 0.683. The Hall–Kier alpha value is -0.200. The van der Waals surface area contributed by atoms with Gasteiger partial charge in [0.05, 0.1) is 4.21 Å². The van der Waals surface area contributed by atoms with Gasteiger partial charge >= 0.3 is 0 Å². The van der Waals surface area contributed by atoms with Crippen LogP contribution in [0.3, 0.4) is 0 Å². The van der Waals surface area contributed by atoms with E-state index < -0.39 is 0 Å². The molecule has 0 aliphatic carbocycles. The van der Waals surface area contributed by atoms with Crippen LogP contribution in [0.25, 0.3) is 0 Å². The first-order chi connectivity index (χ1) is 6.70. The second kappa shape index (κ2) is 4.12. The molecule has 0 radical (unpaired) electrons. The maximum Gasteiger partial charge on any atom is 0.272 e. The van der Waals surface area contributed by atoms with Crippen LogP contribution in [0.5, 0.6) is 5.06 Å². The highest BCUT2D eigenvalue weighted by Crippen LogP contribution is 2.44. The second-order valence-corrected chi connectivity index (χ2v) is 5.98. The van der Waals surface area contributed by atoms with Crippen molar-refractivity contribution in [1.82, 2.24) is 0 Å². The van der Waals surface area contributed by atoms with Crippen molar-refractivity contribution in [2.24, 2.45) is 0 Å². The topological polar surface area (TPSA) is 26.3 Å². The van der Waals surface area contributed by atoms with E-state index in [4.69, 9.17) is 0 Å². The third-order valence-corrected chi connectivity index (χ3v) is 4.57. The molecule has 1 atom stereocenters. The Morgan fingerprint density at radius 3 is 3.21 bits per heavy atom. The van der Waals surface area contributed by atoms with Gasteiger partial charge in [0.15, 0.2) is 10.8 Å². The molecule has 1 aliphatic rings. The molecule has 1 aliphatic heterocycles. The summed E-state index contributed by atoms with van der Waals surface area (Å²) in [5.74, 6) is 0.126. The van der Waals surface area contributed by atoms with Gasteiger partial charge in [-0.25, -0.2) is 0 Å². The summed E-state index contributed by atoms with van der Waals surface area (Å²) in [5, 5.41) is 0.761. The number of Topliss-reactive ketones (excluding diaryl/α,β-unsaturated/α-hetero) is 1. The minimum atomic E-state index is -0.190. The van der Waals surface area contributed by atoms with Crippen molar-refractivity contribution >= 4 is 41.3 Å². The number of halogens is 1. The second-order valence-electron chi connectivity index (χ2n) is 2.97. The van der Waals surface area contributed by atoms with E-state index in [-0.39, 0.29) is 18.2 Å². The lowest BCUT2D eigenvalue weighted by Gasteiger charge is -2.15. The number of carbonyl (C=O) groups is 1. The first kappa shape index (κ1) is 10.3. The number of rotatable bonds is 2. The molecule has 0 amide bonds. The minimum Gasteiger partial charge on any atom is -0.386 e. The smallest absolute Gasteiger partial charge is 0.272 e. The Balaban J connectivity index is 2.30. The van der Waals surface area contributed by atoms with Gasteiger partial charge < -0.3 is 4.18 Å². The van der Waals surface area contributed by atoms with Crippen molar-refractivity contribution in [2.45, 2.75) is 22.8 Å². The van der Waals surface area contributed by atoms with Crippen molar-refractivity contribution in [1.29, 1.82) is 0 Å². The molecular formula is C8H7FO2S3. The van der Waals surface area contributed by atoms with E-state index in [0.29, 0.717) is 22.3 Å². The van der Waals surface area contributed by atoms with E-state index in [1.807, 2.05) is 6.92 Å². The number of hydrogen-bond acceptors (Lipinski definition) is 5. The monoisotopic (exact) mass is 250 g/mol. The molecule has 1 aromatic rings. The van der Waals surface area contributed by atoms with Gasteiger partial charge in [-0.05, 0) is 0 Å². The van der Waals surface area contributed by atoms with Crippen molar-refractivity contribution in [2.75, 3.05) is 0 Å². The van der Waals surface area contributed by atoms with E-state index in [0.717, 1.165) is 4.21 Å². The highest BCUT2D eigenvalue weighted by atomic mass is 32.2. The van der Waals surface area contributed by atoms with Gasteiger partial charge in [0.1, 0.15) is 0 Å². The highest BCUT2D eigenvalue weighted by Gasteiger charge is 2.26. The zero-order valence-electron chi connectivity index (χ0n) is 7.28. The van der Waals surface area contributed by atoms with Crippen LogP contribution >= 0.6 is 35.5 Å². The third-order valence-electron chi connectivity index (χ3n) is 1.87. The number of fused-ring (bicyclic) bond motifs is 1. The molecule has 76 valence electrons. The Morgan fingerprint density at radius 1 is 1.71 bits per heavy atom. The van der Waals surface area contributed by atoms with Gasteiger partial charge in [0, 0.05) is 23.3 Å². The molecule has 2 rings (SSSR count). The maximum atomic E-state index is 11.8. The lowest BCUT2D eigenvalue weighted by atomic mass is 10.1. The molecule has 1 aromatic heterocycles. The summed E-state index contributed by atoms with van der Waals surface area (Å²) < 4.78 is 17.4. The van der Waals surface area contributed by atoms with Crippen LogP contribution in [0.15, 0.2) is 10.3 Å². The van der Waals surface area contributed by atoms with Gasteiger partial charge in [-0.3, -0.25) is 4.79 Å². The number of carbonyl (C=O) groups excluding carboxylic acids is 1. The fourth-order valence-electron chi connectivity index (χ4n) is 1.30. The molecule has 0 bridgehead atoms. The predicted molar refractivity (Wildman–Crippen MR) is 57.9 cm³/mol. The number of hydrogen-bond donors (Lipinski definition) is 0. The zero-order valence-corrected chi connectivity index (χ0v) is 9.73. The molecule has 2 nitrogen and oxygen atoms in total. The largest absolute Gasteiger partial charge is 0.386 e. The maximum absolute atomic E-state index is 11.8. The molecule has 14 heavy (non-hydrogen) atoms. The van der Waals surface area contributed by atoms with Gasteiger partial charge in [-0.1, -0.05) is 18.3 Å². The Labute approximate surface area is 93.7 Å². The Bertz CT molecular complexity index is 363. The summed E-state index contributed by atoms with van der Waals surface area (Å²) in [7, 11) is 0. The lowest BCUT2D eigenvalue weighted by Crippen LogP contribution is -2.12. The highest BCUT2D eigenvalue weighted by molar-refractivity contribution is 8.02. The summed E-state index contributed by atoms with van der Waals surface area (Å²) in [6.07, 6.45) is 0.552. The van der Waals surface area contributed by atoms with Crippen LogP contribution in [-0.2, 0) is 0 Å². The molecule has 0 saturated heterocycles. The fourth-order valence-corrected chi connectivity index (χ4v) is 4.10. The molecule has 0 N–H and O–H groups in total. The normalized spacial score (nSPS) is 20.7. The van der Waals surface area contributed by atoms with Crippen molar-refractivity contribution in [3.05, 3.63) is 11.6 Å². The molecule has 0 spiro atoms. The van der Waals surface area contributed by atoms with Crippen LogP contribution in [-0.4, -0.2) is 11.0 Å². The molecular weight excluding hydrogens is 243 g/mol. The first-order valence-electron chi connectivity index (χ1n) is 3.99. The number of ketones is 1. The number of thiophene rings is 1. The van der Waals surface area contributed by atoms with E-state index in [1.165, 1.54) is 11.3 Å². The summed E-state index contributed by atoms with van der Waals surface area (Å²) >= 11 is 2.78. The average molecular weight is 250 g/mol.